The number of carbonyl (C=O) groups is 1. The highest BCUT2D eigenvalue weighted by molar-refractivity contribution is 5.99. The second-order valence-electron chi connectivity index (χ2n) is 4.05. The van der Waals surface area contributed by atoms with Crippen LogP contribution >= 0.6 is 0 Å². The van der Waals surface area contributed by atoms with Crippen molar-refractivity contribution >= 4 is 11.6 Å². The first-order valence-electron chi connectivity index (χ1n) is 5.73. The number of hydrogen-bond acceptors (Lipinski definition) is 5. The number of anilines is 1. The van der Waals surface area contributed by atoms with Crippen LogP contribution in [0.2, 0.25) is 0 Å². The molecular formula is C12H16N2O4. The van der Waals surface area contributed by atoms with Crippen LogP contribution in [0.3, 0.4) is 0 Å². The van der Waals surface area contributed by atoms with Gasteiger partial charge in [0, 0.05) is 12.2 Å². The molecule has 0 saturated carbocycles. The van der Waals surface area contributed by atoms with E-state index in [1.165, 1.54) is 18.2 Å². The minimum atomic E-state index is -0.336. The Kier molecular flexibility index (Phi) is 4.01. The van der Waals surface area contributed by atoms with Gasteiger partial charge in [-0.15, -0.1) is 0 Å². The number of nitrogen functional groups attached to an aromatic ring is 1. The zero-order valence-electron chi connectivity index (χ0n) is 9.89. The van der Waals surface area contributed by atoms with Gasteiger partial charge in [0.05, 0.1) is 31.5 Å². The predicted octanol–water partition coefficient (Wildman–Crippen LogP) is 0.120. The maximum absolute atomic E-state index is 11.9. The van der Waals surface area contributed by atoms with Gasteiger partial charge in [0.1, 0.15) is 5.75 Å². The lowest BCUT2D eigenvalue weighted by Gasteiger charge is -2.23. The fourth-order valence-electron chi connectivity index (χ4n) is 1.70. The molecule has 0 bridgehead atoms. The third-order valence-electron chi connectivity index (χ3n) is 2.66. The summed E-state index contributed by atoms with van der Waals surface area (Å²) in [6.45, 7) is 1.95. The second kappa shape index (κ2) is 5.70. The van der Waals surface area contributed by atoms with Gasteiger partial charge >= 0.3 is 0 Å². The molecule has 1 aliphatic heterocycles. The zero-order valence-corrected chi connectivity index (χ0v) is 9.89. The lowest BCUT2D eigenvalue weighted by molar-refractivity contribution is -0.0855. The number of nitrogens with one attached hydrogen (secondary N) is 1. The van der Waals surface area contributed by atoms with Crippen LogP contribution in [0, 0.1) is 0 Å². The van der Waals surface area contributed by atoms with Crippen LogP contribution < -0.4 is 11.1 Å². The van der Waals surface area contributed by atoms with E-state index in [9.17, 15) is 9.90 Å². The van der Waals surface area contributed by atoms with Crippen LogP contribution in [0.15, 0.2) is 18.2 Å². The quantitative estimate of drug-likeness (QED) is 0.524. The highest BCUT2D eigenvalue weighted by atomic mass is 16.6. The Bertz CT molecular complexity index is 430. The average Bonchev–Trinajstić information content (AvgIpc) is 2.40. The molecule has 1 heterocycles. The summed E-state index contributed by atoms with van der Waals surface area (Å²) in [6, 6.07) is 4.26. The van der Waals surface area contributed by atoms with Crippen molar-refractivity contribution in [3.05, 3.63) is 23.8 Å². The summed E-state index contributed by atoms with van der Waals surface area (Å²) in [5.74, 6) is -0.329. The largest absolute Gasteiger partial charge is 0.508 e. The van der Waals surface area contributed by atoms with Crippen molar-refractivity contribution in [3.63, 3.8) is 0 Å². The average molecular weight is 252 g/mol. The van der Waals surface area contributed by atoms with Gasteiger partial charge in [0.2, 0.25) is 0 Å². The molecule has 6 heteroatoms. The normalized spacial score (nSPS) is 19.4. The topological polar surface area (TPSA) is 93.8 Å². The van der Waals surface area contributed by atoms with Crippen LogP contribution in [0.25, 0.3) is 0 Å². The maximum atomic E-state index is 11.9. The first-order valence-corrected chi connectivity index (χ1v) is 5.73. The van der Waals surface area contributed by atoms with E-state index in [1.54, 1.807) is 0 Å². The number of hydrogen-bond donors (Lipinski definition) is 3. The number of nitrogens with two attached hydrogens (primary N) is 1. The van der Waals surface area contributed by atoms with Crippen molar-refractivity contribution in [2.45, 2.75) is 6.10 Å². The third-order valence-corrected chi connectivity index (χ3v) is 2.66. The zero-order chi connectivity index (χ0) is 13.0. The fraction of sp³-hybridized carbons (Fsp3) is 0.417. The fourth-order valence-corrected chi connectivity index (χ4v) is 1.70. The summed E-state index contributed by atoms with van der Waals surface area (Å²) in [4.78, 5) is 11.9. The number of amides is 1. The molecule has 6 nitrogen and oxygen atoms in total. The summed E-state index contributed by atoms with van der Waals surface area (Å²) in [5, 5.41) is 12.0. The van der Waals surface area contributed by atoms with Crippen LogP contribution in [-0.4, -0.2) is 43.5 Å². The molecule has 1 fully saturated rings. The van der Waals surface area contributed by atoms with Gasteiger partial charge in [-0.3, -0.25) is 4.79 Å². The standard InChI is InChI=1S/C12H16N2O4/c13-11-2-1-8(15)5-10(11)12(16)14-6-9-7-17-3-4-18-9/h1-2,5,9,15H,3-4,6-7,13H2,(H,14,16). The molecule has 1 aromatic rings. The summed E-state index contributed by atoms with van der Waals surface area (Å²) in [5.41, 5.74) is 6.25. The van der Waals surface area contributed by atoms with Crippen molar-refractivity contribution in [2.75, 3.05) is 32.1 Å². The Morgan fingerprint density at radius 2 is 2.33 bits per heavy atom. The van der Waals surface area contributed by atoms with E-state index in [2.05, 4.69) is 5.32 Å². The number of phenols is 1. The van der Waals surface area contributed by atoms with Gasteiger partial charge in [-0.1, -0.05) is 0 Å². The number of rotatable bonds is 3. The molecule has 4 N–H and O–H groups in total. The van der Waals surface area contributed by atoms with Gasteiger partial charge in [-0.2, -0.15) is 0 Å². The first kappa shape index (κ1) is 12.7. The number of phenolic OH excluding ortho intramolecular Hbond substituents is 1. The minimum Gasteiger partial charge on any atom is -0.508 e. The van der Waals surface area contributed by atoms with Crippen molar-refractivity contribution in [2.24, 2.45) is 0 Å². The predicted molar refractivity (Wildman–Crippen MR) is 65.4 cm³/mol. The van der Waals surface area contributed by atoms with E-state index in [0.29, 0.717) is 32.1 Å². The van der Waals surface area contributed by atoms with Crippen molar-refractivity contribution in [1.29, 1.82) is 0 Å². The smallest absolute Gasteiger partial charge is 0.253 e. The lowest BCUT2D eigenvalue weighted by atomic mass is 10.1. The number of benzene rings is 1. The van der Waals surface area contributed by atoms with Crippen molar-refractivity contribution < 1.29 is 19.4 Å². The summed E-state index contributed by atoms with van der Waals surface area (Å²) >= 11 is 0. The van der Waals surface area contributed by atoms with E-state index in [1.807, 2.05) is 0 Å². The van der Waals surface area contributed by atoms with Crippen LogP contribution in [0.4, 0.5) is 5.69 Å². The van der Waals surface area contributed by atoms with E-state index in [4.69, 9.17) is 15.2 Å². The molecule has 98 valence electrons. The first-order chi connectivity index (χ1) is 8.66. The molecule has 1 atom stereocenters. The summed E-state index contributed by atoms with van der Waals surface area (Å²) < 4.78 is 10.6. The van der Waals surface area contributed by atoms with Gasteiger partial charge in [-0.05, 0) is 18.2 Å². The molecule has 0 spiro atoms. The van der Waals surface area contributed by atoms with Gasteiger partial charge in [0.15, 0.2) is 0 Å². The van der Waals surface area contributed by atoms with E-state index in [-0.39, 0.29) is 23.3 Å². The molecule has 0 radical (unpaired) electrons. The number of ether oxygens (including phenoxy) is 2. The Hall–Kier alpha value is -1.79. The van der Waals surface area contributed by atoms with Crippen LogP contribution in [0.5, 0.6) is 5.75 Å². The van der Waals surface area contributed by atoms with Crippen molar-refractivity contribution in [1.82, 2.24) is 5.32 Å². The van der Waals surface area contributed by atoms with E-state index in [0.717, 1.165) is 0 Å². The molecule has 0 aromatic heterocycles. The lowest BCUT2D eigenvalue weighted by Crippen LogP contribution is -2.39. The monoisotopic (exact) mass is 252 g/mol. The molecule has 1 amide bonds. The maximum Gasteiger partial charge on any atom is 0.253 e. The van der Waals surface area contributed by atoms with Gasteiger partial charge < -0.3 is 25.6 Å². The second-order valence-corrected chi connectivity index (χ2v) is 4.05. The molecule has 0 aliphatic carbocycles. The molecule has 1 aromatic carbocycles. The van der Waals surface area contributed by atoms with Crippen LogP contribution in [0.1, 0.15) is 10.4 Å². The van der Waals surface area contributed by atoms with Crippen LogP contribution in [-0.2, 0) is 9.47 Å². The minimum absolute atomic E-state index is 0.00611. The molecule has 1 aliphatic rings. The molecule has 2 rings (SSSR count). The highest BCUT2D eigenvalue weighted by Gasteiger charge is 2.17. The molecule has 18 heavy (non-hydrogen) atoms. The third kappa shape index (κ3) is 3.12. The van der Waals surface area contributed by atoms with Gasteiger partial charge in [0.25, 0.3) is 5.91 Å². The molecule has 1 saturated heterocycles. The number of aromatic hydroxyl groups is 1. The van der Waals surface area contributed by atoms with E-state index >= 15 is 0 Å². The summed E-state index contributed by atoms with van der Waals surface area (Å²) in [6.07, 6.45) is -0.138. The van der Waals surface area contributed by atoms with Gasteiger partial charge in [-0.25, -0.2) is 0 Å². The SMILES string of the molecule is Nc1ccc(O)cc1C(=O)NCC1COCCO1. The highest BCUT2D eigenvalue weighted by Crippen LogP contribution is 2.18. The van der Waals surface area contributed by atoms with E-state index < -0.39 is 0 Å². The molecule has 1 unspecified atom stereocenters. The Labute approximate surface area is 105 Å². The molecular weight excluding hydrogens is 236 g/mol. The Balaban J connectivity index is 1.92. The Morgan fingerprint density at radius 3 is 3.06 bits per heavy atom. The van der Waals surface area contributed by atoms with Crippen molar-refractivity contribution in [3.8, 4) is 5.75 Å². The summed E-state index contributed by atoms with van der Waals surface area (Å²) in [7, 11) is 0. The number of carbonyl (C=O) groups excluding carboxylic acids is 1. The Morgan fingerprint density at radius 1 is 1.50 bits per heavy atom.